The van der Waals surface area contributed by atoms with Crippen LogP contribution in [0.2, 0.25) is 0 Å². The third-order valence-electron chi connectivity index (χ3n) is 1.81. The van der Waals surface area contributed by atoms with Gasteiger partial charge in [0.1, 0.15) is 12.4 Å². The number of thioether (sulfide) groups is 1. The Labute approximate surface area is 100 Å². The number of aliphatic hydroxyl groups is 2. The molecule has 4 heteroatoms. The van der Waals surface area contributed by atoms with Gasteiger partial charge in [-0.2, -0.15) is 0 Å². The van der Waals surface area contributed by atoms with E-state index >= 15 is 0 Å². The van der Waals surface area contributed by atoms with E-state index in [1.165, 1.54) is 0 Å². The van der Waals surface area contributed by atoms with Crippen LogP contribution in [0.3, 0.4) is 0 Å². The summed E-state index contributed by atoms with van der Waals surface area (Å²) in [7, 11) is 0. The predicted molar refractivity (Wildman–Crippen MR) is 66.0 cm³/mol. The minimum atomic E-state index is -0.477. The van der Waals surface area contributed by atoms with Crippen LogP contribution < -0.4 is 4.74 Å². The molecule has 0 saturated heterocycles. The Hall–Kier alpha value is -0.710. The van der Waals surface area contributed by atoms with E-state index in [4.69, 9.17) is 9.84 Å². The molecule has 0 bridgehead atoms. The Morgan fingerprint density at radius 2 is 1.88 bits per heavy atom. The van der Waals surface area contributed by atoms with E-state index in [1.807, 2.05) is 24.3 Å². The van der Waals surface area contributed by atoms with Gasteiger partial charge in [0.25, 0.3) is 0 Å². The van der Waals surface area contributed by atoms with E-state index in [1.54, 1.807) is 25.6 Å². The van der Waals surface area contributed by atoms with Gasteiger partial charge >= 0.3 is 0 Å². The first-order valence-electron chi connectivity index (χ1n) is 5.30. The average Bonchev–Trinajstić information content (AvgIpc) is 2.24. The third-order valence-corrected chi connectivity index (χ3v) is 3.11. The van der Waals surface area contributed by atoms with Crippen LogP contribution in [-0.4, -0.2) is 34.8 Å². The number of aliphatic hydroxyl groups excluding tert-OH is 2. The molecule has 2 unspecified atom stereocenters. The van der Waals surface area contributed by atoms with E-state index in [0.29, 0.717) is 5.75 Å². The maximum absolute atomic E-state index is 9.22. The van der Waals surface area contributed by atoms with Crippen molar-refractivity contribution < 1.29 is 14.9 Å². The van der Waals surface area contributed by atoms with Gasteiger partial charge in [0, 0.05) is 10.6 Å². The summed E-state index contributed by atoms with van der Waals surface area (Å²) in [5, 5.41) is 18.4. The van der Waals surface area contributed by atoms with Gasteiger partial charge in [0.2, 0.25) is 0 Å². The summed E-state index contributed by atoms with van der Waals surface area (Å²) in [5.41, 5.74) is 0. The summed E-state index contributed by atoms with van der Waals surface area (Å²) in [5.74, 6) is 1.39. The normalized spacial score (nSPS) is 14.5. The van der Waals surface area contributed by atoms with Gasteiger partial charge in [-0.25, -0.2) is 0 Å². The highest BCUT2D eigenvalue weighted by Gasteiger charge is 2.06. The summed E-state index contributed by atoms with van der Waals surface area (Å²) >= 11 is 1.55. The number of para-hydroxylation sites is 1. The Balaban J connectivity index is 2.60. The van der Waals surface area contributed by atoms with Crippen LogP contribution in [0.15, 0.2) is 29.2 Å². The van der Waals surface area contributed by atoms with Crippen LogP contribution in [0.4, 0.5) is 0 Å². The largest absolute Gasteiger partial charge is 0.490 e. The van der Waals surface area contributed by atoms with Crippen LogP contribution in [0, 0.1) is 0 Å². The molecule has 3 nitrogen and oxygen atoms in total. The minimum Gasteiger partial charge on any atom is -0.490 e. The highest BCUT2D eigenvalue weighted by molar-refractivity contribution is 7.99. The predicted octanol–water partition coefficient (Wildman–Crippen LogP) is 1.92. The molecule has 0 saturated carbocycles. The van der Waals surface area contributed by atoms with Gasteiger partial charge in [0.05, 0.1) is 12.2 Å². The van der Waals surface area contributed by atoms with E-state index in [2.05, 4.69) is 0 Å². The van der Waals surface area contributed by atoms with Crippen LogP contribution in [-0.2, 0) is 0 Å². The molecular weight excluding hydrogens is 224 g/mol. The van der Waals surface area contributed by atoms with Crippen molar-refractivity contribution in [3.05, 3.63) is 24.3 Å². The standard InChI is InChI=1S/C12H18O3S/c1-9(13)7-15-11-5-3-4-6-12(11)16-8-10(2)14/h3-6,9-10,13-14H,7-8H2,1-2H3. The lowest BCUT2D eigenvalue weighted by molar-refractivity contribution is 0.121. The molecule has 1 aromatic rings. The first-order chi connectivity index (χ1) is 7.59. The summed E-state index contributed by atoms with van der Waals surface area (Å²) in [4.78, 5) is 0.990. The molecule has 2 N–H and O–H groups in total. The van der Waals surface area contributed by atoms with Gasteiger partial charge in [0.15, 0.2) is 0 Å². The molecule has 0 aliphatic rings. The highest BCUT2D eigenvalue weighted by Crippen LogP contribution is 2.29. The number of benzene rings is 1. The van der Waals surface area contributed by atoms with Crippen LogP contribution >= 0.6 is 11.8 Å². The molecule has 0 radical (unpaired) electrons. The molecule has 0 aromatic heterocycles. The zero-order chi connectivity index (χ0) is 12.0. The second-order valence-electron chi connectivity index (χ2n) is 3.77. The van der Waals surface area contributed by atoms with Crippen molar-refractivity contribution in [3.8, 4) is 5.75 Å². The zero-order valence-electron chi connectivity index (χ0n) is 9.59. The topological polar surface area (TPSA) is 49.7 Å². The Bertz CT molecular complexity index is 282. The van der Waals surface area contributed by atoms with Gasteiger partial charge in [-0.1, -0.05) is 12.1 Å². The quantitative estimate of drug-likeness (QED) is 0.748. The summed E-state index contributed by atoms with van der Waals surface area (Å²) in [6.07, 6.45) is -0.815. The Kier molecular flexibility index (Phi) is 5.66. The molecule has 0 spiro atoms. The van der Waals surface area contributed by atoms with Crippen molar-refractivity contribution in [1.82, 2.24) is 0 Å². The fourth-order valence-corrected chi connectivity index (χ4v) is 1.97. The van der Waals surface area contributed by atoms with E-state index in [-0.39, 0.29) is 12.7 Å². The fourth-order valence-electron chi connectivity index (χ4n) is 1.11. The monoisotopic (exact) mass is 242 g/mol. The fraction of sp³-hybridized carbons (Fsp3) is 0.500. The minimum absolute atomic E-state index is 0.284. The van der Waals surface area contributed by atoms with Gasteiger partial charge < -0.3 is 14.9 Å². The first-order valence-corrected chi connectivity index (χ1v) is 6.29. The van der Waals surface area contributed by atoms with Gasteiger partial charge in [-0.3, -0.25) is 0 Å². The molecule has 0 heterocycles. The Morgan fingerprint density at radius 1 is 1.19 bits per heavy atom. The van der Waals surface area contributed by atoms with Crippen molar-refractivity contribution >= 4 is 11.8 Å². The lowest BCUT2D eigenvalue weighted by Gasteiger charge is -2.12. The maximum Gasteiger partial charge on any atom is 0.132 e. The van der Waals surface area contributed by atoms with Crippen LogP contribution in [0.1, 0.15) is 13.8 Å². The molecule has 0 aliphatic carbocycles. The molecule has 90 valence electrons. The Morgan fingerprint density at radius 3 is 2.50 bits per heavy atom. The van der Waals surface area contributed by atoms with Crippen molar-refractivity contribution in [2.24, 2.45) is 0 Å². The summed E-state index contributed by atoms with van der Waals surface area (Å²) in [6.45, 7) is 3.73. The molecule has 1 rings (SSSR count). The van der Waals surface area contributed by atoms with E-state index < -0.39 is 6.10 Å². The lowest BCUT2D eigenvalue weighted by Crippen LogP contribution is -2.13. The molecule has 2 atom stereocenters. The van der Waals surface area contributed by atoms with Crippen molar-refractivity contribution in [1.29, 1.82) is 0 Å². The molecule has 1 aromatic carbocycles. The third kappa shape index (κ3) is 4.88. The zero-order valence-corrected chi connectivity index (χ0v) is 10.4. The number of ether oxygens (including phenoxy) is 1. The van der Waals surface area contributed by atoms with Crippen molar-refractivity contribution in [2.75, 3.05) is 12.4 Å². The summed E-state index contributed by atoms with van der Waals surface area (Å²) < 4.78 is 5.48. The van der Waals surface area contributed by atoms with Crippen LogP contribution in [0.25, 0.3) is 0 Å². The molecule has 0 amide bonds. The van der Waals surface area contributed by atoms with Gasteiger partial charge in [-0.15, -0.1) is 11.8 Å². The molecule has 0 aliphatic heterocycles. The lowest BCUT2D eigenvalue weighted by atomic mass is 10.3. The summed E-state index contributed by atoms with van der Waals surface area (Å²) in [6, 6.07) is 7.64. The molecule has 0 fully saturated rings. The smallest absolute Gasteiger partial charge is 0.132 e. The second kappa shape index (κ2) is 6.78. The number of hydrogen-bond donors (Lipinski definition) is 2. The highest BCUT2D eigenvalue weighted by atomic mass is 32.2. The molecular formula is C12H18O3S. The maximum atomic E-state index is 9.22. The number of rotatable bonds is 6. The first kappa shape index (κ1) is 13.4. The van der Waals surface area contributed by atoms with Crippen molar-refractivity contribution in [2.45, 2.75) is 31.0 Å². The SMILES string of the molecule is CC(O)COc1ccccc1SCC(C)O. The van der Waals surface area contributed by atoms with E-state index in [0.717, 1.165) is 10.6 Å². The average molecular weight is 242 g/mol. The number of hydrogen-bond acceptors (Lipinski definition) is 4. The van der Waals surface area contributed by atoms with Crippen molar-refractivity contribution in [3.63, 3.8) is 0 Å². The van der Waals surface area contributed by atoms with E-state index in [9.17, 15) is 5.11 Å². The second-order valence-corrected chi connectivity index (χ2v) is 4.83. The van der Waals surface area contributed by atoms with Crippen LogP contribution in [0.5, 0.6) is 5.75 Å². The van der Waals surface area contributed by atoms with Gasteiger partial charge in [-0.05, 0) is 26.0 Å². The molecule has 16 heavy (non-hydrogen) atoms.